The molecular weight excluding hydrogens is 267 g/mol. The summed E-state index contributed by atoms with van der Waals surface area (Å²) in [4.78, 5) is 11.6. The van der Waals surface area contributed by atoms with E-state index in [1.165, 1.54) is 0 Å². The van der Waals surface area contributed by atoms with E-state index >= 15 is 0 Å². The molecule has 0 bridgehead atoms. The molecule has 0 N–H and O–H groups in total. The number of hydrogen-bond acceptors (Lipinski definition) is 2. The lowest BCUT2D eigenvalue weighted by atomic mass is 9.84. The van der Waals surface area contributed by atoms with E-state index in [-0.39, 0.29) is 5.97 Å². The van der Waals surface area contributed by atoms with Crippen LogP contribution in [0.3, 0.4) is 0 Å². The molecule has 0 fully saturated rings. The molecule has 0 aliphatic heterocycles. The van der Waals surface area contributed by atoms with Crippen LogP contribution in [0.25, 0.3) is 0 Å². The lowest BCUT2D eigenvalue weighted by Crippen LogP contribution is -2.29. The van der Waals surface area contributed by atoms with Crippen LogP contribution in [0, 0.1) is 5.41 Å². The molecule has 1 aliphatic carbocycles. The fourth-order valence-corrected chi connectivity index (χ4v) is 2.04. The van der Waals surface area contributed by atoms with Crippen LogP contribution in [0.5, 0.6) is 0 Å². The van der Waals surface area contributed by atoms with Crippen molar-refractivity contribution in [1.29, 1.82) is 0 Å². The van der Waals surface area contributed by atoms with Crippen molar-refractivity contribution in [3.05, 3.63) is 21.7 Å². The first kappa shape index (κ1) is 11.8. The molecule has 2 nitrogen and oxygen atoms in total. The average molecular weight is 280 g/mol. The van der Waals surface area contributed by atoms with Gasteiger partial charge in [0.2, 0.25) is 0 Å². The van der Waals surface area contributed by atoms with Crippen LogP contribution in [-0.4, -0.2) is 12.6 Å². The van der Waals surface area contributed by atoms with Gasteiger partial charge in [-0.1, -0.05) is 23.8 Å². The fourth-order valence-electron chi connectivity index (χ4n) is 1.24. The second-order valence-corrected chi connectivity index (χ2v) is 4.65. The summed E-state index contributed by atoms with van der Waals surface area (Å²) in [5, 5.41) is 0.645. The van der Waals surface area contributed by atoms with Gasteiger partial charge < -0.3 is 4.74 Å². The van der Waals surface area contributed by atoms with E-state index in [0.29, 0.717) is 18.1 Å². The van der Waals surface area contributed by atoms with Crippen LogP contribution >= 0.6 is 27.5 Å². The highest BCUT2D eigenvalue weighted by Crippen LogP contribution is 2.37. The Labute approximate surface area is 97.1 Å². The van der Waals surface area contributed by atoms with E-state index in [4.69, 9.17) is 16.3 Å². The van der Waals surface area contributed by atoms with E-state index in [2.05, 4.69) is 15.9 Å². The van der Waals surface area contributed by atoms with Crippen molar-refractivity contribution in [1.82, 2.24) is 0 Å². The predicted octanol–water partition coefficient (Wildman–Crippen LogP) is 3.36. The minimum atomic E-state index is -0.590. The van der Waals surface area contributed by atoms with Crippen LogP contribution in [0.1, 0.15) is 20.3 Å². The standard InChI is InChI=1S/C10H12BrClO2/c1-3-14-9(13)10(2)5-4-8(12)7(11)6-10/h4,6H,3,5H2,1-2H3. The molecule has 14 heavy (non-hydrogen) atoms. The molecule has 0 saturated heterocycles. The number of carbonyl (C=O) groups is 1. The van der Waals surface area contributed by atoms with Gasteiger partial charge in [0.25, 0.3) is 0 Å². The second kappa shape index (κ2) is 4.49. The SMILES string of the molecule is CCOC(=O)C1(C)C=C(Br)C(Cl)=CC1. The number of allylic oxidation sites excluding steroid dienone is 3. The molecule has 0 radical (unpaired) electrons. The van der Waals surface area contributed by atoms with Gasteiger partial charge >= 0.3 is 5.97 Å². The first-order chi connectivity index (χ1) is 6.49. The monoisotopic (exact) mass is 278 g/mol. The zero-order valence-electron chi connectivity index (χ0n) is 8.14. The third-order valence-electron chi connectivity index (χ3n) is 2.12. The predicted molar refractivity (Wildman–Crippen MR) is 60.3 cm³/mol. The summed E-state index contributed by atoms with van der Waals surface area (Å²) >= 11 is 9.17. The minimum Gasteiger partial charge on any atom is -0.465 e. The van der Waals surface area contributed by atoms with Gasteiger partial charge in [-0.2, -0.15) is 0 Å². The van der Waals surface area contributed by atoms with Crippen LogP contribution in [0.15, 0.2) is 21.7 Å². The lowest BCUT2D eigenvalue weighted by Gasteiger charge is -2.25. The largest absolute Gasteiger partial charge is 0.465 e. The summed E-state index contributed by atoms with van der Waals surface area (Å²) < 4.78 is 5.74. The molecular formula is C10H12BrClO2. The van der Waals surface area contributed by atoms with Crippen LogP contribution in [-0.2, 0) is 9.53 Å². The van der Waals surface area contributed by atoms with Gasteiger partial charge in [-0.3, -0.25) is 4.79 Å². The Bertz CT molecular complexity index is 309. The summed E-state index contributed by atoms with van der Waals surface area (Å²) in [6, 6.07) is 0. The quantitative estimate of drug-likeness (QED) is 0.725. The number of hydrogen-bond donors (Lipinski definition) is 0. The topological polar surface area (TPSA) is 26.3 Å². The first-order valence-electron chi connectivity index (χ1n) is 4.41. The van der Waals surface area contributed by atoms with E-state index < -0.39 is 5.41 Å². The Morgan fingerprint density at radius 2 is 2.43 bits per heavy atom. The Kier molecular flexibility index (Phi) is 3.78. The van der Waals surface area contributed by atoms with Gasteiger partial charge in [-0.05, 0) is 36.2 Å². The van der Waals surface area contributed by atoms with E-state index in [9.17, 15) is 4.79 Å². The molecule has 0 aromatic rings. The molecule has 0 amide bonds. The minimum absolute atomic E-state index is 0.211. The molecule has 78 valence electrons. The van der Waals surface area contributed by atoms with Crippen molar-refractivity contribution in [3.8, 4) is 0 Å². The molecule has 0 saturated carbocycles. The number of halogens is 2. The Morgan fingerprint density at radius 3 is 2.93 bits per heavy atom. The molecule has 1 aliphatic rings. The van der Waals surface area contributed by atoms with Crippen LogP contribution in [0.2, 0.25) is 0 Å². The van der Waals surface area contributed by atoms with Crippen molar-refractivity contribution in [2.45, 2.75) is 20.3 Å². The maximum atomic E-state index is 11.6. The second-order valence-electron chi connectivity index (χ2n) is 3.39. The van der Waals surface area contributed by atoms with E-state index in [1.807, 2.05) is 13.0 Å². The number of rotatable bonds is 2. The summed E-state index contributed by atoms with van der Waals surface area (Å²) in [5.74, 6) is -0.211. The smallest absolute Gasteiger partial charge is 0.316 e. The fraction of sp³-hybridized carbons (Fsp3) is 0.500. The van der Waals surface area contributed by atoms with Gasteiger partial charge in [0.15, 0.2) is 0 Å². The Morgan fingerprint density at radius 1 is 1.79 bits per heavy atom. The maximum absolute atomic E-state index is 11.6. The van der Waals surface area contributed by atoms with Gasteiger partial charge in [0.05, 0.1) is 17.1 Å². The van der Waals surface area contributed by atoms with Crippen LogP contribution in [0.4, 0.5) is 0 Å². The summed E-state index contributed by atoms with van der Waals surface area (Å²) in [6.07, 6.45) is 4.20. The first-order valence-corrected chi connectivity index (χ1v) is 5.58. The highest BCUT2D eigenvalue weighted by molar-refractivity contribution is 9.12. The molecule has 0 heterocycles. The zero-order valence-corrected chi connectivity index (χ0v) is 10.5. The highest BCUT2D eigenvalue weighted by Gasteiger charge is 2.34. The van der Waals surface area contributed by atoms with Gasteiger partial charge in [-0.15, -0.1) is 0 Å². The van der Waals surface area contributed by atoms with E-state index in [1.54, 1.807) is 13.0 Å². The maximum Gasteiger partial charge on any atom is 0.316 e. The van der Waals surface area contributed by atoms with Crippen molar-refractivity contribution in [2.75, 3.05) is 6.61 Å². The molecule has 1 unspecified atom stereocenters. The molecule has 0 spiro atoms. The summed E-state index contributed by atoms with van der Waals surface area (Å²) in [5.41, 5.74) is -0.590. The summed E-state index contributed by atoms with van der Waals surface area (Å²) in [7, 11) is 0. The molecule has 1 rings (SSSR count). The molecule has 1 atom stereocenters. The van der Waals surface area contributed by atoms with Crippen molar-refractivity contribution in [2.24, 2.45) is 5.41 Å². The molecule has 0 aromatic heterocycles. The van der Waals surface area contributed by atoms with Crippen molar-refractivity contribution >= 4 is 33.5 Å². The number of ether oxygens (including phenoxy) is 1. The molecule has 0 aromatic carbocycles. The third-order valence-corrected chi connectivity index (χ3v) is 3.36. The third kappa shape index (κ3) is 2.39. The summed E-state index contributed by atoms with van der Waals surface area (Å²) in [6.45, 7) is 4.04. The normalized spacial score (nSPS) is 26.6. The molecule has 4 heteroatoms. The number of esters is 1. The van der Waals surface area contributed by atoms with Crippen molar-refractivity contribution in [3.63, 3.8) is 0 Å². The average Bonchev–Trinajstić information content (AvgIpc) is 2.13. The van der Waals surface area contributed by atoms with Gasteiger partial charge in [0, 0.05) is 4.48 Å². The van der Waals surface area contributed by atoms with Crippen LogP contribution < -0.4 is 0 Å². The van der Waals surface area contributed by atoms with Gasteiger partial charge in [0.1, 0.15) is 0 Å². The number of carbonyl (C=O) groups excluding carboxylic acids is 1. The lowest BCUT2D eigenvalue weighted by molar-refractivity contribution is -0.151. The van der Waals surface area contributed by atoms with E-state index in [0.717, 1.165) is 4.48 Å². The van der Waals surface area contributed by atoms with Crippen molar-refractivity contribution < 1.29 is 9.53 Å². The van der Waals surface area contributed by atoms with Gasteiger partial charge in [-0.25, -0.2) is 0 Å². The Hall–Kier alpha value is -0.280. The Balaban J connectivity index is 2.84. The zero-order chi connectivity index (χ0) is 10.8. The highest BCUT2D eigenvalue weighted by atomic mass is 79.9.